The second-order valence-corrected chi connectivity index (χ2v) is 4.17. The molecule has 0 nitrogen and oxygen atoms in total. The lowest BCUT2D eigenvalue weighted by Gasteiger charge is -2.41. The van der Waals surface area contributed by atoms with Gasteiger partial charge in [-0.1, -0.05) is 31.9 Å². The molecule has 0 saturated heterocycles. The molecule has 2 rings (SSSR count). The summed E-state index contributed by atoms with van der Waals surface area (Å²) in [5.41, 5.74) is 0.692. The Morgan fingerprint density at radius 2 is 2.30 bits per heavy atom. The van der Waals surface area contributed by atoms with Crippen LogP contribution in [0.3, 0.4) is 0 Å². The summed E-state index contributed by atoms with van der Waals surface area (Å²) >= 11 is 0. The number of hydrogen-bond donors (Lipinski definition) is 0. The molecule has 0 bridgehead atoms. The van der Waals surface area contributed by atoms with Gasteiger partial charge in [0.2, 0.25) is 0 Å². The summed E-state index contributed by atoms with van der Waals surface area (Å²) in [5.74, 6) is 0.985. The van der Waals surface area contributed by atoms with E-state index in [2.05, 4.69) is 19.1 Å². The van der Waals surface area contributed by atoms with Crippen molar-refractivity contribution in [2.24, 2.45) is 11.3 Å². The first-order valence-electron chi connectivity index (χ1n) is 4.48. The van der Waals surface area contributed by atoms with E-state index in [1.807, 2.05) is 0 Å². The summed E-state index contributed by atoms with van der Waals surface area (Å²) in [7, 11) is 0. The van der Waals surface area contributed by atoms with E-state index in [1.54, 1.807) is 0 Å². The van der Waals surface area contributed by atoms with Gasteiger partial charge < -0.3 is 0 Å². The van der Waals surface area contributed by atoms with Gasteiger partial charge in [-0.3, -0.25) is 0 Å². The highest BCUT2D eigenvalue weighted by Gasteiger charge is 2.35. The van der Waals surface area contributed by atoms with E-state index in [0.717, 1.165) is 5.92 Å². The molecule has 2 aliphatic rings. The summed E-state index contributed by atoms with van der Waals surface area (Å²) in [6.07, 6.45) is 12.0. The minimum Gasteiger partial charge on any atom is -0.0871 e. The molecule has 0 aliphatic heterocycles. The highest BCUT2D eigenvalue weighted by molar-refractivity contribution is 5.14. The maximum Gasteiger partial charge on any atom is -0.00812 e. The van der Waals surface area contributed by atoms with Crippen molar-refractivity contribution in [2.75, 3.05) is 0 Å². The SMILES string of the molecule is CC1CCCC2(C=CC2)C1. The number of rotatable bonds is 0. The standard InChI is InChI=1S/C10H16/c1-9-4-2-5-10(8-9)6-3-7-10/h3,6,9H,2,4-5,7-8H2,1H3. The monoisotopic (exact) mass is 136 g/mol. The second kappa shape index (κ2) is 2.11. The molecule has 0 amide bonds. The minimum absolute atomic E-state index is 0.692. The summed E-state index contributed by atoms with van der Waals surface area (Å²) in [6.45, 7) is 2.40. The first kappa shape index (κ1) is 6.45. The Kier molecular flexibility index (Phi) is 1.36. The molecule has 0 aromatic heterocycles. The summed E-state index contributed by atoms with van der Waals surface area (Å²) < 4.78 is 0. The van der Waals surface area contributed by atoms with Gasteiger partial charge >= 0.3 is 0 Å². The van der Waals surface area contributed by atoms with Crippen LogP contribution >= 0.6 is 0 Å². The molecule has 56 valence electrons. The Balaban J connectivity index is 2.03. The van der Waals surface area contributed by atoms with Gasteiger partial charge in [0.1, 0.15) is 0 Å². The third-order valence-electron chi connectivity index (χ3n) is 3.12. The summed E-state index contributed by atoms with van der Waals surface area (Å²) in [4.78, 5) is 0. The van der Waals surface area contributed by atoms with Gasteiger partial charge in [0.15, 0.2) is 0 Å². The third kappa shape index (κ3) is 0.902. The smallest absolute Gasteiger partial charge is 0.00812 e. The molecule has 1 fully saturated rings. The molecule has 2 unspecified atom stereocenters. The van der Waals surface area contributed by atoms with Crippen molar-refractivity contribution in [3.8, 4) is 0 Å². The van der Waals surface area contributed by atoms with Crippen molar-refractivity contribution in [3.05, 3.63) is 12.2 Å². The molecule has 0 radical (unpaired) electrons. The zero-order valence-corrected chi connectivity index (χ0v) is 6.77. The van der Waals surface area contributed by atoms with Crippen LogP contribution in [0.15, 0.2) is 12.2 Å². The number of allylic oxidation sites excluding steroid dienone is 2. The van der Waals surface area contributed by atoms with Gasteiger partial charge in [-0.25, -0.2) is 0 Å². The molecule has 0 heteroatoms. The average molecular weight is 136 g/mol. The van der Waals surface area contributed by atoms with Crippen LogP contribution in [0.25, 0.3) is 0 Å². The molecule has 1 spiro atoms. The molecular weight excluding hydrogens is 120 g/mol. The lowest BCUT2D eigenvalue weighted by molar-refractivity contribution is 0.185. The first-order valence-corrected chi connectivity index (χ1v) is 4.48. The molecule has 2 aliphatic carbocycles. The van der Waals surface area contributed by atoms with Crippen molar-refractivity contribution in [1.82, 2.24) is 0 Å². The second-order valence-electron chi connectivity index (χ2n) is 4.17. The molecule has 0 aromatic carbocycles. The fourth-order valence-corrected chi connectivity index (χ4v) is 2.49. The van der Waals surface area contributed by atoms with Crippen molar-refractivity contribution in [2.45, 2.75) is 39.0 Å². The average Bonchev–Trinajstić information content (AvgIpc) is 1.85. The molecule has 10 heavy (non-hydrogen) atoms. The largest absolute Gasteiger partial charge is 0.0871 e. The van der Waals surface area contributed by atoms with Crippen molar-refractivity contribution >= 4 is 0 Å². The highest BCUT2D eigenvalue weighted by atomic mass is 14.4. The lowest BCUT2D eigenvalue weighted by Crippen LogP contribution is -2.29. The normalized spacial score (nSPS) is 45.5. The van der Waals surface area contributed by atoms with Crippen molar-refractivity contribution in [3.63, 3.8) is 0 Å². The quantitative estimate of drug-likeness (QED) is 0.449. The number of hydrogen-bond acceptors (Lipinski definition) is 0. The Morgan fingerprint density at radius 3 is 2.70 bits per heavy atom. The molecule has 2 atom stereocenters. The van der Waals surface area contributed by atoms with E-state index >= 15 is 0 Å². The molecule has 0 aromatic rings. The van der Waals surface area contributed by atoms with Crippen LogP contribution in [0.2, 0.25) is 0 Å². The van der Waals surface area contributed by atoms with E-state index in [-0.39, 0.29) is 0 Å². The fraction of sp³-hybridized carbons (Fsp3) is 0.800. The van der Waals surface area contributed by atoms with Gasteiger partial charge in [-0.05, 0) is 30.6 Å². The Morgan fingerprint density at radius 1 is 1.50 bits per heavy atom. The molecule has 0 heterocycles. The van der Waals surface area contributed by atoms with Crippen LogP contribution in [0, 0.1) is 11.3 Å². The predicted octanol–water partition coefficient (Wildman–Crippen LogP) is 3.14. The minimum atomic E-state index is 0.692. The van der Waals surface area contributed by atoms with Gasteiger partial charge in [0, 0.05) is 0 Å². The molecule has 0 N–H and O–H groups in total. The maximum absolute atomic E-state index is 2.45. The topological polar surface area (TPSA) is 0 Å². The molecule has 1 saturated carbocycles. The van der Waals surface area contributed by atoms with E-state index in [9.17, 15) is 0 Å². The third-order valence-corrected chi connectivity index (χ3v) is 3.12. The Bertz CT molecular complexity index is 157. The van der Waals surface area contributed by atoms with Crippen LogP contribution in [0.5, 0.6) is 0 Å². The highest BCUT2D eigenvalue weighted by Crippen LogP contribution is 2.47. The van der Waals surface area contributed by atoms with E-state index in [1.165, 1.54) is 32.1 Å². The Hall–Kier alpha value is -0.260. The zero-order valence-electron chi connectivity index (χ0n) is 6.77. The lowest BCUT2D eigenvalue weighted by atomic mass is 9.63. The Labute approximate surface area is 63.3 Å². The van der Waals surface area contributed by atoms with Crippen LogP contribution in [0.4, 0.5) is 0 Å². The van der Waals surface area contributed by atoms with Gasteiger partial charge in [-0.15, -0.1) is 0 Å². The van der Waals surface area contributed by atoms with Gasteiger partial charge in [0.25, 0.3) is 0 Å². The van der Waals surface area contributed by atoms with Crippen LogP contribution < -0.4 is 0 Å². The van der Waals surface area contributed by atoms with Crippen molar-refractivity contribution < 1.29 is 0 Å². The van der Waals surface area contributed by atoms with Crippen LogP contribution in [-0.2, 0) is 0 Å². The van der Waals surface area contributed by atoms with Crippen LogP contribution in [-0.4, -0.2) is 0 Å². The summed E-state index contributed by atoms with van der Waals surface area (Å²) in [6, 6.07) is 0. The van der Waals surface area contributed by atoms with Gasteiger partial charge in [0.05, 0.1) is 0 Å². The zero-order chi connectivity index (χ0) is 7.03. The van der Waals surface area contributed by atoms with E-state index in [0.29, 0.717) is 5.41 Å². The van der Waals surface area contributed by atoms with E-state index in [4.69, 9.17) is 0 Å². The predicted molar refractivity (Wildman–Crippen MR) is 43.8 cm³/mol. The van der Waals surface area contributed by atoms with Crippen molar-refractivity contribution in [1.29, 1.82) is 0 Å². The maximum atomic E-state index is 2.45. The first-order chi connectivity index (χ1) is 4.81. The van der Waals surface area contributed by atoms with E-state index < -0.39 is 0 Å². The van der Waals surface area contributed by atoms with Gasteiger partial charge in [-0.2, -0.15) is 0 Å². The van der Waals surface area contributed by atoms with Crippen LogP contribution in [0.1, 0.15) is 39.0 Å². The fourth-order valence-electron chi connectivity index (χ4n) is 2.49. The summed E-state index contributed by atoms with van der Waals surface area (Å²) in [5, 5.41) is 0. The molecular formula is C10H16.